The highest BCUT2D eigenvalue weighted by Crippen LogP contribution is 2.51. The fraction of sp³-hybridized carbons (Fsp3) is 0.630. The molecule has 0 spiro atoms. The third-order valence-corrected chi connectivity index (χ3v) is 8.62. The molecule has 0 aromatic heterocycles. The smallest absolute Gasteiger partial charge is 0.395 e. The van der Waals surface area contributed by atoms with Gasteiger partial charge < -0.3 is 9.42 Å². The maximum Gasteiger partial charge on any atom is 0.395 e. The zero-order valence-electron chi connectivity index (χ0n) is 19.1. The summed E-state index contributed by atoms with van der Waals surface area (Å²) in [7, 11) is -1.94. The van der Waals surface area contributed by atoms with Crippen molar-refractivity contribution >= 4 is 8.60 Å². The van der Waals surface area contributed by atoms with Crippen molar-refractivity contribution in [3.8, 4) is 5.75 Å². The summed E-state index contributed by atoms with van der Waals surface area (Å²) in [6, 6.07) is 4.58. The molecule has 1 N–H and O–H groups in total. The molecule has 0 amide bonds. The van der Waals surface area contributed by atoms with Crippen LogP contribution in [0.4, 0.5) is 0 Å². The SMILES string of the molecule is CC1=CC2Cc3cc(C)cc(C4CCCCC4)c3OP(O)OC2C(C2CCCCC2)=C1. The van der Waals surface area contributed by atoms with Gasteiger partial charge in [-0.15, -0.1) is 0 Å². The minimum absolute atomic E-state index is 0.0605. The lowest BCUT2D eigenvalue weighted by Gasteiger charge is -2.39. The van der Waals surface area contributed by atoms with E-state index in [9.17, 15) is 4.89 Å². The van der Waals surface area contributed by atoms with Crippen molar-refractivity contribution in [1.82, 2.24) is 0 Å². The summed E-state index contributed by atoms with van der Waals surface area (Å²) < 4.78 is 12.6. The summed E-state index contributed by atoms with van der Waals surface area (Å²) >= 11 is 0. The van der Waals surface area contributed by atoms with Crippen molar-refractivity contribution < 1.29 is 13.9 Å². The van der Waals surface area contributed by atoms with Gasteiger partial charge in [-0.3, -0.25) is 4.52 Å². The van der Waals surface area contributed by atoms with Gasteiger partial charge in [0.05, 0.1) is 6.10 Å². The average Bonchev–Trinajstić information content (AvgIpc) is 2.77. The molecule has 3 aliphatic carbocycles. The van der Waals surface area contributed by atoms with E-state index in [1.165, 1.54) is 92.0 Å². The maximum atomic E-state index is 10.9. The van der Waals surface area contributed by atoms with Gasteiger partial charge in [0.15, 0.2) is 0 Å². The number of allylic oxidation sites excluding steroid dienone is 2. The normalized spacial score (nSPS) is 30.2. The Kier molecular flexibility index (Phi) is 6.56. The van der Waals surface area contributed by atoms with Crippen LogP contribution in [0, 0.1) is 18.8 Å². The van der Waals surface area contributed by atoms with E-state index in [2.05, 4.69) is 38.1 Å². The first-order valence-electron chi connectivity index (χ1n) is 12.5. The highest BCUT2D eigenvalue weighted by molar-refractivity contribution is 7.41. The van der Waals surface area contributed by atoms with E-state index in [1.807, 2.05) is 0 Å². The van der Waals surface area contributed by atoms with Crippen molar-refractivity contribution in [2.24, 2.45) is 11.8 Å². The first kappa shape index (κ1) is 21.7. The van der Waals surface area contributed by atoms with Crippen molar-refractivity contribution in [2.45, 2.75) is 96.5 Å². The van der Waals surface area contributed by atoms with Gasteiger partial charge >= 0.3 is 8.60 Å². The first-order valence-corrected chi connectivity index (χ1v) is 13.6. The molecule has 1 heterocycles. The summed E-state index contributed by atoms with van der Waals surface area (Å²) in [6.07, 6.45) is 18.4. The Morgan fingerprint density at radius 3 is 2.29 bits per heavy atom. The number of hydrogen-bond donors (Lipinski definition) is 1. The first-order chi connectivity index (χ1) is 15.1. The van der Waals surface area contributed by atoms with Crippen LogP contribution in [0.2, 0.25) is 0 Å². The second-order valence-electron chi connectivity index (χ2n) is 10.3. The minimum Gasteiger partial charge on any atom is -0.426 e. The number of rotatable bonds is 2. The number of fused-ring (bicyclic) bond motifs is 2. The topological polar surface area (TPSA) is 38.7 Å². The molecule has 0 radical (unpaired) electrons. The van der Waals surface area contributed by atoms with Crippen LogP contribution in [0.5, 0.6) is 5.75 Å². The van der Waals surface area contributed by atoms with Gasteiger partial charge in [-0.25, -0.2) is 0 Å². The van der Waals surface area contributed by atoms with E-state index in [4.69, 9.17) is 9.05 Å². The van der Waals surface area contributed by atoms with Crippen molar-refractivity contribution in [2.75, 3.05) is 0 Å². The fourth-order valence-electron chi connectivity index (χ4n) is 6.47. The third kappa shape index (κ3) is 4.65. The highest BCUT2D eigenvalue weighted by Gasteiger charge is 2.38. The van der Waals surface area contributed by atoms with Crippen LogP contribution >= 0.6 is 8.60 Å². The summed E-state index contributed by atoms with van der Waals surface area (Å²) in [5.41, 5.74) is 6.62. The van der Waals surface area contributed by atoms with Crippen LogP contribution in [0.3, 0.4) is 0 Å². The van der Waals surface area contributed by atoms with Crippen LogP contribution in [0.25, 0.3) is 0 Å². The lowest BCUT2D eigenvalue weighted by molar-refractivity contribution is 0.141. The molecule has 4 heteroatoms. The van der Waals surface area contributed by atoms with E-state index in [1.54, 1.807) is 0 Å². The fourth-order valence-corrected chi connectivity index (χ4v) is 7.36. The lowest BCUT2D eigenvalue weighted by atomic mass is 9.74. The number of aryl methyl sites for hydroxylation is 1. The standard InChI is InChI=1S/C27H37O3P/c1-18-13-22-17-23-14-19(2)16-25(21-11-7-4-8-12-21)27(23)30-31(28)29-26(22)24(15-18)20-9-5-3-6-10-20/h13-16,20-22,26,28H,3-12,17H2,1-2H3. The Morgan fingerprint density at radius 1 is 0.903 bits per heavy atom. The van der Waals surface area contributed by atoms with E-state index in [0.29, 0.717) is 11.8 Å². The summed E-state index contributed by atoms with van der Waals surface area (Å²) in [6.45, 7) is 4.43. The zero-order chi connectivity index (χ0) is 21.4. The molecule has 1 aromatic carbocycles. The van der Waals surface area contributed by atoms with Crippen LogP contribution in [-0.2, 0) is 10.9 Å². The Bertz CT molecular complexity index is 861. The van der Waals surface area contributed by atoms with Crippen LogP contribution in [0.15, 0.2) is 35.4 Å². The molecule has 0 bridgehead atoms. The van der Waals surface area contributed by atoms with Gasteiger partial charge in [0.1, 0.15) is 5.75 Å². The molecule has 2 fully saturated rings. The molecule has 1 aromatic rings. The summed E-state index contributed by atoms with van der Waals surface area (Å²) in [5.74, 6) is 2.32. The Labute approximate surface area is 188 Å². The van der Waals surface area contributed by atoms with Crippen LogP contribution < -0.4 is 4.52 Å². The van der Waals surface area contributed by atoms with Crippen LogP contribution in [0.1, 0.15) is 93.7 Å². The summed E-state index contributed by atoms with van der Waals surface area (Å²) in [5, 5.41) is 0. The Balaban J connectivity index is 1.50. The van der Waals surface area contributed by atoms with Gasteiger partial charge in [0.2, 0.25) is 0 Å². The van der Waals surface area contributed by atoms with Crippen molar-refractivity contribution in [1.29, 1.82) is 0 Å². The quantitative estimate of drug-likeness (QED) is 0.480. The van der Waals surface area contributed by atoms with E-state index in [0.717, 1.165) is 12.2 Å². The minimum atomic E-state index is -1.94. The molecular weight excluding hydrogens is 403 g/mol. The van der Waals surface area contributed by atoms with Gasteiger partial charge in [0.25, 0.3) is 0 Å². The molecule has 2 saturated carbocycles. The second kappa shape index (κ2) is 9.38. The molecule has 168 valence electrons. The second-order valence-corrected chi connectivity index (χ2v) is 11.2. The molecule has 0 saturated heterocycles. The average molecular weight is 441 g/mol. The molecule has 4 aliphatic rings. The molecule has 31 heavy (non-hydrogen) atoms. The van der Waals surface area contributed by atoms with Crippen molar-refractivity contribution in [3.05, 3.63) is 52.1 Å². The Hall–Kier alpha value is -1.15. The predicted octanol–water partition coefficient (Wildman–Crippen LogP) is 7.66. The zero-order valence-corrected chi connectivity index (χ0v) is 20.0. The Morgan fingerprint density at radius 2 is 1.58 bits per heavy atom. The van der Waals surface area contributed by atoms with E-state index < -0.39 is 8.60 Å². The molecule has 1 aliphatic heterocycles. The largest absolute Gasteiger partial charge is 0.426 e. The maximum absolute atomic E-state index is 10.9. The van der Waals surface area contributed by atoms with Gasteiger partial charge in [0, 0.05) is 5.92 Å². The third-order valence-electron chi connectivity index (χ3n) is 7.88. The monoisotopic (exact) mass is 440 g/mol. The van der Waals surface area contributed by atoms with E-state index in [-0.39, 0.29) is 12.0 Å². The van der Waals surface area contributed by atoms with Gasteiger partial charge in [-0.2, -0.15) is 0 Å². The molecular formula is C27H37O3P. The van der Waals surface area contributed by atoms with Crippen LogP contribution in [-0.4, -0.2) is 11.0 Å². The molecule has 3 atom stereocenters. The predicted molar refractivity (Wildman–Crippen MR) is 127 cm³/mol. The molecule has 3 nitrogen and oxygen atoms in total. The molecule has 5 rings (SSSR count). The number of benzene rings is 1. The molecule has 3 unspecified atom stereocenters. The number of hydrogen-bond acceptors (Lipinski definition) is 3. The van der Waals surface area contributed by atoms with Gasteiger partial charge in [-0.1, -0.05) is 73.9 Å². The highest BCUT2D eigenvalue weighted by atomic mass is 31.2. The van der Waals surface area contributed by atoms with Crippen molar-refractivity contribution in [3.63, 3.8) is 0 Å². The summed E-state index contributed by atoms with van der Waals surface area (Å²) in [4.78, 5) is 10.9. The van der Waals surface area contributed by atoms with Gasteiger partial charge in [-0.05, 0) is 74.5 Å². The van der Waals surface area contributed by atoms with E-state index >= 15 is 0 Å². The lowest BCUT2D eigenvalue weighted by Crippen LogP contribution is -2.33.